The summed E-state index contributed by atoms with van der Waals surface area (Å²) in [6, 6.07) is 3.41. The first-order valence-corrected chi connectivity index (χ1v) is 7.60. The predicted octanol–water partition coefficient (Wildman–Crippen LogP) is 1.64. The third-order valence-electron chi connectivity index (χ3n) is 3.51. The van der Waals surface area contributed by atoms with Gasteiger partial charge in [-0.25, -0.2) is 19.6 Å². The van der Waals surface area contributed by atoms with Crippen molar-refractivity contribution in [3.05, 3.63) is 54.6 Å². The zero-order valence-electron chi connectivity index (χ0n) is 13.4. The van der Waals surface area contributed by atoms with Gasteiger partial charge in [0.25, 0.3) is 5.91 Å². The summed E-state index contributed by atoms with van der Waals surface area (Å²) in [6.45, 7) is 4.52. The molecule has 0 aliphatic heterocycles. The van der Waals surface area contributed by atoms with Gasteiger partial charge in [-0.3, -0.25) is 9.78 Å². The van der Waals surface area contributed by atoms with E-state index in [-0.39, 0.29) is 11.9 Å². The van der Waals surface area contributed by atoms with Crippen LogP contribution in [0, 0.1) is 0 Å². The highest BCUT2D eigenvalue weighted by molar-refractivity contribution is 5.93. The third-order valence-corrected chi connectivity index (χ3v) is 3.51. The molecule has 0 spiro atoms. The molecule has 24 heavy (non-hydrogen) atoms. The molecule has 8 heteroatoms. The van der Waals surface area contributed by atoms with Gasteiger partial charge in [0, 0.05) is 36.9 Å². The van der Waals surface area contributed by atoms with Crippen molar-refractivity contribution in [2.24, 2.45) is 0 Å². The molecule has 3 heterocycles. The van der Waals surface area contributed by atoms with Gasteiger partial charge in [-0.05, 0) is 26.0 Å². The molecule has 0 aliphatic carbocycles. The number of hydrogen-bond acceptors (Lipinski definition) is 6. The first-order valence-electron chi connectivity index (χ1n) is 7.60. The van der Waals surface area contributed by atoms with E-state index in [9.17, 15) is 4.79 Å². The van der Waals surface area contributed by atoms with E-state index in [0.717, 1.165) is 5.56 Å². The maximum absolute atomic E-state index is 12.3. The van der Waals surface area contributed by atoms with Crippen molar-refractivity contribution in [1.82, 2.24) is 35.0 Å². The Morgan fingerprint density at radius 1 is 1.25 bits per heavy atom. The second kappa shape index (κ2) is 6.95. The average molecular weight is 323 g/mol. The molecule has 0 radical (unpaired) electrons. The molecule has 0 saturated heterocycles. The smallest absolute Gasteiger partial charge is 0.254 e. The van der Waals surface area contributed by atoms with Crippen molar-refractivity contribution in [2.45, 2.75) is 26.4 Å². The summed E-state index contributed by atoms with van der Waals surface area (Å²) in [5, 5.41) is 6.98. The summed E-state index contributed by atoms with van der Waals surface area (Å²) < 4.78 is 1.74. The summed E-state index contributed by atoms with van der Waals surface area (Å²) in [5.41, 5.74) is 1.19. The van der Waals surface area contributed by atoms with Crippen molar-refractivity contribution in [3.63, 3.8) is 0 Å². The van der Waals surface area contributed by atoms with Crippen LogP contribution in [0.15, 0.2) is 43.2 Å². The number of pyridine rings is 1. The number of carbonyl (C=O) groups is 1. The molecule has 0 aromatic carbocycles. The molecule has 0 unspecified atom stereocenters. The molecule has 1 amide bonds. The Kier molecular flexibility index (Phi) is 4.55. The topological polar surface area (TPSA) is 98.5 Å². The minimum absolute atomic E-state index is 0.258. The second-order valence-electron chi connectivity index (χ2n) is 5.17. The fourth-order valence-corrected chi connectivity index (χ4v) is 2.29. The van der Waals surface area contributed by atoms with Crippen molar-refractivity contribution in [1.29, 1.82) is 0 Å². The Hall–Kier alpha value is -3.16. The monoisotopic (exact) mass is 323 g/mol. The van der Waals surface area contributed by atoms with Gasteiger partial charge >= 0.3 is 0 Å². The molecule has 1 atom stereocenters. The van der Waals surface area contributed by atoms with Crippen LogP contribution in [0.4, 0.5) is 0 Å². The molecule has 0 saturated carbocycles. The quantitative estimate of drug-likeness (QED) is 0.766. The molecular weight excluding hydrogens is 306 g/mol. The molecule has 3 aromatic rings. The molecule has 3 rings (SSSR count). The number of rotatable bonds is 5. The summed E-state index contributed by atoms with van der Waals surface area (Å²) in [4.78, 5) is 29.0. The standard InChI is InChI=1S/C16H17N7O/c1-3-23-15(20-10-21-23)11(2)22-16(24)13-8-18-14(19-9-13)12-5-4-6-17-7-12/h4-11H,3H2,1-2H3,(H,22,24)/t11-/m0/s1. The van der Waals surface area contributed by atoms with Crippen LogP contribution in [0.2, 0.25) is 0 Å². The summed E-state index contributed by atoms with van der Waals surface area (Å²) in [7, 11) is 0. The normalized spacial score (nSPS) is 11.9. The lowest BCUT2D eigenvalue weighted by Gasteiger charge is -2.13. The fourth-order valence-electron chi connectivity index (χ4n) is 2.29. The van der Waals surface area contributed by atoms with Crippen LogP contribution >= 0.6 is 0 Å². The lowest BCUT2D eigenvalue weighted by molar-refractivity contribution is 0.0936. The van der Waals surface area contributed by atoms with Gasteiger partial charge in [-0.15, -0.1) is 0 Å². The molecule has 1 N–H and O–H groups in total. The molecular formula is C16H17N7O. The van der Waals surface area contributed by atoms with Crippen molar-refractivity contribution < 1.29 is 4.79 Å². The number of nitrogens with zero attached hydrogens (tertiary/aromatic N) is 6. The average Bonchev–Trinajstić information content (AvgIpc) is 3.11. The van der Waals surface area contributed by atoms with Crippen molar-refractivity contribution in [2.75, 3.05) is 0 Å². The first-order chi connectivity index (χ1) is 11.7. The van der Waals surface area contributed by atoms with Crippen LogP contribution in [0.5, 0.6) is 0 Å². The fraction of sp³-hybridized carbons (Fsp3) is 0.250. The predicted molar refractivity (Wildman–Crippen MR) is 86.8 cm³/mol. The number of amides is 1. The van der Waals surface area contributed by atoms with E-state index in [4.69, 9.17) is 0 Å². The Bertz CT molecular complexity index is 814. The van der Waals surface area contributed by atoms with Gasteiger partial charge in [-0.2, -0.15) is 5.10 Å². The van der Waals surface area contributed by atoms with Gasteiger partial charge in [0.2, 0.25) is 0 Å². The Labute approximate surface area is 139 Å². The zero-order chi connectivity index (χ0) is 16.9. The first kappa shape index (κ1) is 15.7. The van der Waals surface area contributed by atoms with Gasteiger partial charge < -0.3 is 5.32 Å². The Morgan fingerprint density at radius 2 is 2.04 bits per heavy atom. The van der Waals surface area contributed by atoms with Crippen LogP contribution in [0.3, 0.4) is 0 Å². The third kappa shape index (κ3) is 3.27. The van der Waals surface area contributed by atoms with Gasteiger partial charge in [0.15, 0.2) is 5.82 Å². The maximum Gasteiger partial charge on any atom is 0.254 e. The molecule has 3 aromatic heterocycles. The number of aromatic nitrogens is 6. The molecule has 0 fully saturated rings. The van der Waals surface area contributed by atoms with Crippen LogP contribution in [0.1, 0.15) is 36.1 Å². The number of aryl methyl sites for hydroxylation is 1. The van der Waals surface area contributed by atoms with Gasteiger partial charge in [-0.1, -0.05) is 0 Å². The van der Waals surface area contributed by atoms with Crippen molar-refractivity contribution >= 4 is 5.91 Å². The lowest BCUT2D eigenvalue weighted by atomic mass is 10.2. The van der Waals surface area contributed by atoms with Crippen LogP contribution in [-0.4, -0.2) is 35.6 Å². The molecule has 0 bridgehead atoms. The number of hydrogen-bond donors (Lipinski definition) is 1. The lowest BCUT2D eigenvalue weighted by Crippen LogP contribution is -2.29. The van der Waals surface area contributed by atoms with Gasteiger partial charge in [0.05, 0.1) is 11.6 Å². The van der Waals surface area contributed by atoms with E-state index in [0.29, 0.717) is 23.8 Å². The highest BCUT2D eigenvalue weighted by atomic mass is 16.1. The molecule has 8 nitrogen and oxygen atoms in total. The highest BCUT2D eigenvalue weighted by Gasteiger charge is 2.16. The van der Waals surface area contributed by atoms with Gasteiger partial charge in [0.1, 0.15) is 12.2 Å². The number of carbonyl (C=O) groups excluding carboxylic acids is 1. The van der Waals surface area contributed by atoms with E-state index in [1.807, 2.05) is 26.0 Å². The minimum atomic E-state index is -0.266. The largest absolute Gasteiger partial charge is 0.342 e. The van der Waals surface area contributed by atoms with E-state index < -0.39 is 0 Å². The Balaban J connectivity index is 1.71. The molecule has 0 aliphatic rings. The van der Waals surface area contributed by atoms with Crippen LogP contribution < -0.4 is 5.32 Å². The number of nitrogens with one attached hydrogen (secondary N) is 1. The van der Waals surface area contributed by atoms with E-state index >= 15 is 0 Å². The second-order valence-corrected chi connectivity index (χ2v) is 5.17. The summed E-state index contributed by atoms with van der Waals surface area (Å²) in [6.07, 6.45) is 7.84. The highest BCUT2D eigenvalue weighted by Crippen LogP contribution is 2.13. The minimum Gasteiger partial charge on any atom is -0.342 e. The summed E-state index contributed by atoms with van der Waals surface area (Å²) >= 11 is 0. The van der Waals surface area contributed by atoms with Crippen LogP contribution in [-0.2, 0) is 6.54 Å². The van der Waals surface area contributed by atoms with Crippen LogP contribution in [0.25, 0.3) is 11.4 Å². The SMILES string of the molecule is CCn1ncnc1[C@H](C)NC(=O)c1cnc(-c2cccnc2)nc1. The van der Waals surface area contributed by atoms with Crippen molar-refractivity contribution in [3.8, 4) is 11.4 Å². The zero-order valence-corrected chi connectivity index (χ0v) is 13.4. The molecule has 122 valence electrons. The van der Waals surface area contributed by atoms with E-state index in [1.165, 1.54) is 18.7 Å². The summed E-state index contributed by atoms with van der Waals surface area (Å²) in [5.74, 6) is 0.975. The Morgan fingerprint density at radius 3 is 2.71 bits per heavy atom. The van der Waals surface area contributed by atoms with E-state index in [2.05, 4.69) is 30.4 Å². The maximum atomic E-state index is 12.3. The van der Waals surface area contributed by atoms with E-state index in [1.54, 1.807) is 17.1 Å².